The van der Waals surface area contributed by atoms with Gasteiger partial charge in [-0.3, -0.25) is 9.59 Å². The highest BCUT2D eigenvalue weighted by Gasteiger charge is 2.33. The van der Waals surface area contributed by atoms with E-state index in [1.54, 1.807) is 12.0 Å². The maximum Gasteiger partial charge on any atom is 0.249 e. The third-order valence-electron chi connectivity index (χ3n) is 5.74. The summed E-state index contributed by atoms with van der Waals surface area (Å²) in [6, 6.07) is 13.5. The zero-order chi connectivity index (χ0) is 20.5. The van der Waals surface area contributed by atoms with Crippen molar-refractivity contribution in [1.82, 2.24) is 0 Å². The van der Waals surface area contributed by atoms with E-state index in [-0.39, 0.29) is 17.9 Å². The van der Waals surface area contributed by atoms with Gasteiger partial charge in [-0.25, -0.2) is 0 Å². The van der Waals surface area contributed by atoms with Crippen LogP contribution in [0.2, 0.25) is 0 Å². The fraction of sp³-hybridized carbons (Fsp3) is 0.391. The van der Waals surface area contributed by atoms with E-state index in [1.165, 1.54) is 5.56 Å². The molecule has 0 bridgehead atoms. The summed E-state index contributed by atoms with van der Waals surface area (Å²) >= 11 is 0. The van der Waals surface area contributed by atoms with Gasteiger partial charge in [0.2, 0.25) is 11.8 Å². The molecule has 2 aliphatic rings. The normalized spacial score (nSPS) is 19.3. The van der Waals surface area contributed by atoms with E-state index < -0.39 is 6.04 Å². The second-order valence-corrected chi connectivity index (χ2v) is 7.79. The van der Waals surface area contributed by atoms with E-state index in [0.717, 1.165) is 29.9 Å². The number of amides is 2. The molecule has 1 fully saturated rings. The van der Waals surface area contributed by atoms with E-state index in [4.69, 9.17) is 4.74 Å². The van der Waals surface area contributed by atoms with Gasteiger partial charge in [0.15, 0.2) is 0 Å². The molecule has 0 aliphatic carbocycles. The summed E-state index contributed by atoms with van der Waals surface area (Å²) in [4.78, 5) is 28.9. The molecular formula is C23H27N3O3. The lowest BCUT2D eigenvalue weighted by atomic mass is 10.1. The molecule has 1 saturated heterocycles. The number of carbonyl (C=O) groups is 2. The first-order valence-electron chi connectivity index (χ1n) is 10.2. The van der Waals surface area contributed by atoms with Crippen LogP contribution < -0.4 is 19.9 Å². The lowest BCUT2D eigenvalue weighted by Crippen LogP contribution is -2.44. The van der Waals surface area contributed by atoms with Gasteiger partial charge in [0.25, 0.3) is 0 Å². The number of para-hydroxylation sites is 1. The monoisotopic (exact) mass is 393 g/mol. The number of nitrogens with one attached hydrogen (secondary N) is 1. The number of benzene rings is 2. The van der Waals surface area contributed by atoms with Crippen LogP contribution >= 0.6 is 0 Å². The van der Waals surface area contributed by atoms with Crippen LogP contribution in [0.3, 0.4) is 0 Å². The first-order valence-corrected chi connectivity index (χ1v) is 10.2. The first kappa shape index (κ1) is 19.3. The van der Waals surface area contributed by atoms with Crippen LogP contribution in [0.5, 0.6) is 5.75 Å². The average Bonchev–Trinajstić information content (AvgIpc) is 3.29. The Bertz CT molecular complexity index is 943. The van der Waals surface area contributed by atoms with Crippen LogP contribution in [0.4, 0.5) is 17.1 Å². The lowest BCUT2D eigenvalue weighted by Gasteiger charge is -2.27. The number of anilines is 3. The second kappa shape index (κ2) is 7.78. The number of methoxy groups -OCH3 is 1. The average molecular weight is 393 g/mol. The summed E-state index contributed by atoms with van der Waals surface area (Å²) in [7, 11) is 1.60. The Morgan fingerprint density at radius 2 is 2.00 bits per heavy atom. The summed E-state index contributed by atoms with van der Waals surface area (Å²) in [5.41, 5.74) is 3.78. The molecule has 2 aromatic rings. The van der Waals surface area contributed by atoms with Crippen molar-refractivity contribution in [2.24, 2.45) is 0 Å². The van der Waals surface area contributed by atoms with Gasteiger partial charge in [0.05, 0.1) is 12.8 Å². The Morgan fingerprint density at radius 3 is 2.72 bits per heavy atom. The topological polar surface area (TPSA) is 61.9 Å². The lowest BCUT2D eigenvalue weighted by molar-refractivity contribution is -0.119. The molecule has 2 atom stereocenters. The molecule has 2 unspecified atom stereocenters. The molecule has 2 heterocycles. The van der Waals surface area contributed by atoms with Crippen molar-refractivity contribution in [1.29, 1.82) is 0 Å². The van der Waals surface area contributed by atoms with Crippen molar-refractivity contribution >= 4 is 28.9 Å². The Labute approximate surface area is 171 Å². The number of rotatable bonds is 5. The van der Waals surface area contributed by atoms with Crippen molar-refractivity contribution in [2.45, 2.75) is 45.2 Å². The number of fused-ring (bicyclic) bond motifs is 1. The molecule has 6 heteroatoms. The number of carbonyl (C=O) groups excluding carboxylic acids is 2. The molecular weight excluding hydrogens is 366 g/mol. The first-order chi connectivity index (χ1) is 14.0. The predicted octanol–water partition coefficient (Wildman–Crippen LogP) is 3.60. The van der Waals surface area contributed by atoms with Crippen LogP contribution in [-0.2, 0) is 16.0 Å². The Balaban J connectivity index is 1.52. The molecule has 0 radical (unpaired) electrons. The largest absolute Gasteiger partial charge is 0.494 e. The van der Waals surface area contributed by atoms with Crippen molar-refractivity contribution < 1.29 is 14.3 Å². The zero-order valence-electron chi connectivity index (χ0n) is 17.1. The van der Waals surface area contributed by atoms with Crippen LogP contribution in [0.1, 0.15) is 32.3 Å². The number of nitrogens with zero attached hydrogens (tertiary/aromatic N) is 2. The van der Waals surface area contributed by atoms with Crippen molar-refractivity contribution in [3.63, 3.8) is 0 Å². The standard InChI is InChI=1S/C23H27N3O3/c1-15-13-17-7-4-5-8-19(17)26(15)23(28)16(2)24-18-10-11-20(21(14-18)29-3)25-12-6-9-22(25)27/h4-5,7-8,10-11,14-16,24H,6,9,12-13H2,1-3H3. The third kappa shape index (κ3) is 3.55. The highest BCUT2D eigenvalue weighted by atomic mass is 16.5. The summed E-state index contributed by atoms with van der Waals surface area (Å²) in [6.07, 6.45) is 2.31. The van der Waals surface area contributed by atoms with Gasteiger partial charge < -0.3 is 19.9 Å². The number of hydrogen-bond acceptors (Lipinski definition) is 4. The summed E-state index contributed by atoms with van der Waals surface area (Å²) in [5.74, 6) is 0.791. The predicted molar refractivity (Wildman–Crippen MR) is 115 cm³/mol. The maximum absolute atomic E-state index is 13.2. The van der Waals surface area contributed by atoms with Crippen molar-refractivity contribution in [2.75, 3.05) is 28.8 Å². The van der Waals surface area contributed by atoms with Gasteiger partial charge >= 0.3 is 0 Å². The Kier molecular flexibility index (Phi) is 5.18. The van der Waals surface area contributed by atoms with Gasteiger partial charge in [-0.2, -0.15) is 0 Å². The smallest absolute Gasteiger partial charge is 0.249 e. The fourth-order valence-electron chi connectivity index (χ4n) is 4.31. The third-order valence-corrected chi connectivity index (χ3v) is 5.74. The molecule has 152 valence electrons. The van der Waals surface area contributed by atoms with Crippen LogP contribution in [0.15, 0.2) is 42.5 Å². The van der Waals surface area contributed by atoms with Crippen molar-refractivity contribution in [3.05, 3.63) is 48.0 Å². The van der Waals surface area contributed by atoms with Gasteiger partial charge in [-0.1, -0.05) is 18.2 Å². The quantitative estimate of drug-likeness (QED) is 0.843. The summed E-state index contributed by atoms with van der Waals surface area (Å²) in [5, 5.41) is 3.30. The number of hydrogen-bond donors (Lipinski definition) is 1. The molecule has 2 aliphatic heterocycles. The van der Waals surface area contributed by atoms with Gasteiger partial charge in [-0.15, -0.1) is 0 Å². The van der Waals surface area contributed by atoms with E-state index in [0.29, 0.717) is 18.7 Å². The summed E-state index contributed by atoms with van der Waals surface area (Å²) in [6.45, 7) is 4.67. The van der Waals surface area contributed by atoms with E-state index in [9.17, 15) is 9.59 Å². The molecule has 29 heavy (non-hydrogen) atoms. The molecule has 1 N–H and O–H groups in total. The molecule has 0 spiro atoms. The minimum Gasteiger partial charge on any atom is -0.494 e. The SMILES string of the molecule is COc1cc(NC(C)C(=O)N2c3ccccc3CC2C)ccc1N1CCCC1=O. The number of ether oxygens (including phenoxy) is 1. The van der Waals surface area contributed by atoms with Crippen LogP contribution in [-0.4, -0.2) is 37.6 Å². The zero-order valence-corrected chi connectivity index (χ0v) is 17.1. The van der Waals surface area contributed by atoms with E-state index in [2.05, 4.69) is 18.3 Å². The molecule has 6 nitrogen and oxygen atoms in total. The Hall–Kier alpha value is -3.02. The fourth-order valence-corrected chi connectivity index (χ4v) is 4.31. The minimum absolute atomic E-state index is 0.0419. The highest BCUT2D eigenvalue weighted by molar-refractivity contribution is 6.01. The summed E-state index contributed by atoms with van der Waals surface area (Å²) < 4.78 is 5.52. The molecule has 4 rings (SSSR count). The second-order valence-electron chi connectivity index (χ2n) is 7.79. The van der Waals surface area contributed by atoms with Gasteiger partial charge in [0, 0.05) is 36.4 Å². The van der Waals surface area contributed by atoms with Gasteiger partial charge in [-0.05, 0) is 50.5 Å². The van der Waals surface area contributed by atoms with E-state index >= 15 is 0 Å². The molecule has 0 aromatic heterocycles. The van der Waals surface area contributed by atoms with Crippen LogP contribution in [0.25, 0.3) is 0 Å². The van der Waals surface area contributed by atoms with Gasteiger partial charge in [0.1, 0.15) is 11.8 Å². The molecule has 2 aromatic carbocycles. The molecule has 2 amide bonds. The highest BCUT2D eigenvalue weighted by Crippen LogP contribution is 2.35. The molecule has 0 saturated carbocycles. The minimum atomic E-state index is -0.396. The van der Waals surface area contributed by atoms with E-state index in [1.807, 2.05) is 48.2 Å². The Morgan fingerprint density at radius 1 is 1.21 bits per heavy atom. The van der Waals surface area contributed by atoms with Crippen LogP contribution in [0, 0.1) is 0 Å². The van der Waals surface area contributed by atoms with Crippen molar-refractivity contribution in [3.8, 4) is 5.75 Å². The maximum atomic E-state index is 13.2.